The first-order valence-electron chi connectivity index (χ1n) is 7.54. The van der Waals surface area contributed by atoms with Crippen LogP contribution in [-0.2, 0) is 15.0 Å². The summed E-state index contributed by atoms with van der Waals surface area (Å²) in [4.78, 5) is 12.0. The number of carbonyl (C=O) groups is 1. The summed E-state index contributed by atoms with van der Waals surface area (Å²) in [6.45, 7) is 6.04. The molecule has 1 aliphatic carbocycles. The third-order valence-electron chi connectivity index (χ3n) is 4.06. The molecule has 2 rings (SSSR count). The third-order valence-corrected chi connectivity index (χ3v) is 6.00. The minimum atomic E-state index is -3.52. The van der Waals surface area contributed by atoms with Gasteiger partial charge in [0.1, 0.15) is 5.78 Å². The summed E-state index contributed by atoms with van der Waals surface area (Å²) in [5.41, 5.74) is -0.499. The van der Waals surface area contributed by atoms with E-state index in [1.807, 2.05) is 20.8 Å². The van der Waals surface area contributed by atoms with Crippen LogP contribution in [0.3, 0.4) is 0 Å². The van der Waals surface area contributed by atoms with Gasteiger partial charge in [-0.15, -0.1) is 0 Å². The highest BCUT2D eigenvalue weighted by molar-refractivity contribution is 7.87. The normalized spacial score (nSPS) is 29.9. The Morgan fingerprint density at radius 1 is 1.15 bits per heavy atom. The van der Waals surface area contributed by atoms with Crippen LogP contribution >= 0.6 is 0 Å². The molecule has 0 aromatic rings. The number of Topliss-reactive ketones (excluding diaryl/α,β-unsaturated/α-hetero) is 1. The second-order valence-corrected chi connectivity index (χ2v) is 8.62. The van der Waals surface area contributed by atoms with Crippen molar-refractivity contribution < 1.29 is 13.2 Å². The maximum Gasteiger partial charge on any atom is 0.280 e. The van der Waals surface area contributed by atoms with Crippen LogP contribution in [0.1, 0.15) is 59.3 Å². The highest BCUT2D eigenvalue weighted by Crippen LogP contribution is 2.34. The second kappa shape index (κ2) is 5.73. The fourth-order valence-corrected chi connectivity index (χ4v) is 5.20. The molecule has 20 heavy (non-hydrogen) atoms. The average Bonchev–Trinajstić information content (AvgIpc) is 2.72. The van der Waals surface area contributed by atoms with E-state index in [0.29, 0.717) is 13.0 Å². The standard InChI is InChI=1S/C14H26N2O3S/c1-14(2,3)15-20(18,19)16-10-5-4-8-12(16)11-7-6-9-13(11)17/h11-12,15H,4-10H2,1-3H3. The van der Waals surface area contributed by atoms with Gasteiger partial charge in [0.2, 0.25) is 0 Å². The Balaban J connectivity index is 2.20. The molecule has 1 saturated heterocycles. The Kier molecular flexibility index (Phi) is 4.56. The molecule has 1 heterocycles. The van der Waals surface area contributed by atoms with Gasteiger partial charge in [-0.05, 0) is 46.5 Å². The number of ketones is 1. The fourth-order valence-electron chi connectivity index (χ4n) is 3.33. The lowest BCUT2D eigenvalue weighted by atomic mass is 9.90. The van der Waals surface area contributed by atoms with Gasteiger partial charge in [0.15, 0.2) is 0 Å². The number of rotatable bonds is 3. The van der Waals surface area contributed by atoms with Crippen molar-refractivity contribution in [3.8, 4) is 0 Å². The van der Waals surface area contributed by atoms with Crippen LogP contribution < -0.4 is 4.72 Å². The topological polar surface area (TPSA) is 66.5 Å². The summed E-state index contributed by atoms with van der Waals surface area (Å²) in [5, 5.41) is 0. The molecule has 2 unspecified atom stereocenters. The van der Waals surface area contributed by atoms with Gasteiger partial charge in [0.05, 0.1) is 0 Å². The molecule has 0 amide bonds. The van der Waals surface area contributed by atoms with Crippen molar-refractivity contribution in [3.63, 3.8) is 0 Å². The Morgan fingerprint density at radius 2 is 1.85 bits per heavy atom. The molecular formula is C14H26N2O3S. The fraction of sp³-hybridized carbons (Fsp3) is 0.929. The van der Waals surface area contributed by atoms with E-state index in [4.69, 9.17) is 0 Å². The Labute approximate surface area is 122 Å². The van der Waals surface area contributed by atoms with Crippen molar-refractivity contribution >= 4 is 16.0 Å². The molecule has 1 aliphatic heterocycles. The smallest absolute Gasteiger partial charge is 0.280 e. The van der Waals surface area contributed by atoms with E-state index >= 15 is 0 Å². The SMILES string of the molecule is CC(C)(C)NS(=O)(=O)N1CCCCC1C1CCCC1=O. The van der Waals surface area contributed by atoms with Crippen molar-refractivity contribution in [1.29, 1.82) is 0 Å². The summed E-state index contributed by atoms with van der Waals surface area (Å²) in [7, 11) is -3.52. The Morgan fingerprint density at radius 3 is 2.40 bits per heavy atom. The summed E-state index contributed by atoms with van der Waals surface area (Å²) >= 11 is 0. The van der Waals surface area contributed by atoms with Crippen LogP contribution in [0.15, 0.2) is 0 Å². The quantitative estimate of drug-likeness (QED) is 0.865. The molecule has 2 fully saturated rings. The van der Waals surface area contributed by atoms with Gasteiger partial charge in [0, 0.05) is 30.5 Å². The molecule has 0 radical (unpaired) electrons. The number of carbonyl (C=O) groups excluding carboxylic acids is 1. The van der Waals surface area contributed by atoms with Crippen molar-refractivity contribution in [2.24, 2.45) is 5.92 Å². The van der Waals surface area contributed by atoms with Crippen LogP contribution in [-0.4, -0.2) is 36.6 Å². The molecule has 2 aliphatic rings. The molecule has 5 nitrogen and oxygen atoms in total. The summed E-state index contributed by atoms with van der Waals surface area (Å²) in [6.07, 6.45) is 5.05. The van der Waals surface area contributed by atoms with E-state index < -0.39 is 15.7 Å². The molecule has 0 aromatic heterocycles. The Hall–Kier alpha value is -0.460. The Bertz CT molecular complexity index is 467. The van der Waals surface area contributed by atoms with E-state index in [-0.39, 0.29) is 17.7 Å². The zero-order chi connectivity index (χ0) is 15.0. The molecule has 1 N–H and O–H groups in total. The van der Waals surface area contributed by atoms with E-state index in [2.05, 4.69) is 4.72 Å². The zero-order valence-corrected chi connectivity index (χ0v) is 13.5. The van der Waals surface area contributed by atoms with Gasteiger partial charge in [-0.3, -0.25) is 4.79 Å². The maximum absolute atomic E-state index is 12.6. The lowest BCUT2D eigenvalue weighted by Gasteiger charge is -2.39. The van der Waals surface area contributed by atoms with E-state index in [0.717, 1.165) is 32.1 Å². The molecule has 1 saturated carbocycles. The van der Waals surface area contributed by atoms with Gasteiger partial charge in [-0.25, -0.2) is 0 Å². The van der Waals surface area contributed by atoms with Crippen LogP contribution in [0.5, 0.6) is 0 Å². The molecule has 116 valence electrons. The van der Waals surface area contributed by atoms with E-state index in [9.17, 15) is 13.2 Å². The second-order valence-electron chi connectivity index (χ2n) is 7.00. The third kappa shape index (κ3) is 3.59. The van der Waals surface area contributed by atoms with Gasteiger partial charge < -0.3 is 0 Å². The van der Waals surface area contributed by atoms with Crippen molar-refractivity contribution in [2.75, 3.05) is 6.54 Å². The molecule has 0 bridgehead atoms. The van der Waals surface area contributed by atoms with Gasteiger partial charge in [-0.1, -0.05) is 6.42 Å². The number of nitrogens with one attached hydrogen (secondary N) is 1. The summed E-state index contributed by atoms with van der Waals surface area (Å²) in [6, 6.07) is -0.140. The van der Waals surface area contributed by atoms with Crippen molar-refractivity contribution in [2.45, 2.75) is 70.9 Å². The number of piperidine rings is 1. The molecule has 0 aromatic carbocycles. The predicted molar refractivity (Wildman–Crippen MR) is 78.5 cm³/mol. The number of hydrogen-bond acceptors (Lipinski definition) is 3. The average molecular weight is 302 g/mol. The molecule has 6 heteroatoms. The highest BCUT2D eigenvalue weighted by atomic mass is 32.2. The van der Waals surface area contributed by atoms with Gasteiger partial charge >= 0.3 is 0 Å². The maximum atomic E-state index is 12.6. The number of hydrogen-bond donors (Lipinski definition) is 1. The van der Waals surface area contributed by atoms with Crippen LogP contribution in [0, 0.1) is 5.92 Å². The number of nitrogens with zero attached hydrogens (tertiary/aromatic N) is 1. The molecule has 0 spiro atoms. The minimum Gasteiger partial charge on any atom is -0.299 e. The minimum absolute atomic E-state index is 0.0909. The summed E-state index contributed by atoms with van der Waals surface area (Å²) in [5.74, 6) is 0.153. The first-order valence-corrected chi connectivity index (χ1v) is 8.98. The van der Waals surface area contributed by atoms with E-state index in [1.165, 1.54) is 0 Å². The van der Waals surface area contributed by atoms with Crippen LogP contribution in [0.2, 0.25) is 0 Å². The first kappa shape index (κ1) is 15.9. The van der Waals surface area contributed by atoms with Crippen LogP contribution in [0.25, 0.3) is 0 Å². The molecular weight excluding hydrogens is 276 g/mol. The van der Waals surface area contributed by atoms with Crippen LogP contribution in [0.4, 0.5) is 0 Å². The zero-order valence-electron chi connectivity index (χ0n) is 12.7. The lowest BCUT2D eigenvalue weighted by Crippen LogP contribution is -2.56. The van der Waals surface area contributed by atoms with E-state index in [1.54, 1.807) is 4.31 Å². The first-order chi connectivity index (χ1) is 9.21. The van der Waals surface area contributed by atoms with Crippen molar-refractivity contribution in [1.82, 2.24) is 9.03 Å². The predicted octanol–water partition coefficient (Wildman–Crippen LogP) is 1.84. The summed E-state index contributed by atoms with van der Waals surface area (Å²) < 4.78 is 29.4. The monoisotopic (exact) mass is 302 g/mol. The largest absolute Gasteiger partial charge is 0.299 e. The lowest BCUT2D eigenvalue weighted by molar-refractivity contribution is -0.122. The van der Waals surface area contributed by atoms with Gasteiger partial charge in [0.25, 0.3) is 10.2 Å². The molecule has 2 atom stereocenters. The highest BCUT2D eigenvalue weighted by Gasteiger charge is 2.42. The van der Waals surface area contributed by atoms with Gasteiger partial charge in [-0.2, -0.15) is 17.4 Å². The van der Waals surface area contributed by atoms with Crippen molar-refractivity contribution in [3.05, 3.63) is 0 Å².